The van der Waals surface area contributed by atoms with Crippen LogP contribution in [0.1, 0.15) is 11.1 Å². The highest BCUT2D eigenvalue weighted by atomic mass is 32.2. The van der Waals surface area contributed by atoms with Gasteiger partial charge in [0, 0.05) is 16.8 Å². The Morgan fingerprint density at radius 1 is 0.878 bits per heavy atom. The van der Waals surface area contributed by atoms with Crippen molar-refractivity contribution >= 4 is 64.8 Å². The topological polar surface area (TPSA) is 118 Å². The lowest BCUT2D eigenvalue weighted by Gasteiger charge is -2.07. The number of methoxy groups -OCH3 is 1. The lowest BCUT2D eigenvalue weighted by Crippen LogP contribution is -2.14. The van der Waals surface area contributed by atoms with Gasteiger partial charge in [-0.25, -0.2) is 9.97 Å². The summed E-state index contributed by atoms with van der Waals surface area (Å²) in [7, 11) is -2.78. The molecule has 2 aromatic heterocycles. The monoisotopic (exact) mass is 601 g/mol. The number of rotatable bonds is 7. The molecule has 4 aromatic carbocycles. The number of carbonyl (C=O) groups is 1. The van der Waals surface area contributed by atoms with Crippen LogP contribution in [-0.4, -0.2) is 36.0 Å². The zero-order valence-corrected chi connectivity index (χ0v) is 24.4. The lowest BCUT2D eigenvalue weighted by atomic mass is 10.1. The van der Waals surface area contributed by atoms with Crippen molar-refractivity contribution in [3.8, 4) is 26.9 Å². The van der Waals surface area contributed by atoms with Crippen molar-refractivity contribution < 1.29 is 22.5 Å². The summed E-state index contributed by atoms with van der Waals surface area (Å²) in [6, 6.07) is 24.2. The van der Waals surface area contributed by atoms with Crippen LogP contribution in [0.4, 0.5) is 5.69 Å². The van der Waals surface area contributed by atoms with Crippen LogP contribution in [-0.2, 0) is 21.3 Å². The van der Waals surface area contributed by atoms with Gasteiger partial charge in [-0.15, -0.1) is 22.7 Å². The molecule has 0 bridgehead atoms. The number of aryl methyl sites for hydroxylation is 1. The molecule has 11 heteroatoms. The van der Waals surface area contributed by atoms with Gasteiger partial charge in [-0.3, -0.25) is 9.35 Å². The maximum absolute atomic E-state index is 12.5. The first-order valence-corrected chi connectivity index (χ1v) is 15.6. The van der Waals surface area contributed by atoms with Crippen molar-refractivity contribution in [2.45, 2.75) is 18.2 Å². The summed E-state index contributed by atoms with van der Waals surface area (Å²) in [5.74, 6) is 0.640. The number of hydrogen-bond acceptors (Lipinski definition) is 8. The molecule has 0 aliphatic heterocycles. The number of amides is 1. The SMILES string of the molecule is COc1ccc(CC(=O)Nc2ccc(-c3nc4ccc(-c5nc6ccc(C)c(S(=O)(=O)O)c6s5)cc4s3)cc2)cc1. The zero-order valence-electron chi connectivity index (χ0n) is 21.9. The standard InChI is InChI=1S/C30H23N3O5S3/c1-17-3-13-24-27(28(17)41(35,36)37)40-30(33-24)20-8-14-23-25(16-20)39-29(32-23)19-6-9-21(10-7-19)31-26(34)15-18-4-11-22(38-2)12-5-18/h3-14,16H,15H2,1-2H3,(H,31,34)(H,35,36,37). The molecule has 2 heterocycles. The van der Waals surface area contributed by atoms with Crippen molar-refractivity contribution in [3.05, 3.63) is 90.0 Å². The fourth-order valence-corrected chi connectivity index (χ4v) is 7.84. The van der Waals surface area contributed by atoms with Crippen molar-refractivity contribution in [3.63, 3.8) is 0 Å². The Bertz CT molecular complexity index is 2030. The Labute approximate surface area is 244 Å². The van der Waals surface area contributed by atoms with E-state index < -0.39 is 10.1 Å². The number of nitrogens with zero attached hydrogens (tertiary/aromatic N) is 2. The molecule has 6 aromatic rings. The molecule has 0 aliphatic rings. The van der Waals surface area contributed by atoms with Crippen LogP contribution in [0.5, 0.6) is 5.75 Å². The molecule has 0 radical (unpaired) electrons. The summed E-state index contributed by atoms with van der Waals surface area (Å²) < 4.78 is 40.3. The quantitative estimate of drug-likeness (QED) is 0.189. The third kappa shape index (κ3) is 5.57. The molecule has 0 aliphatic carbocycles. The first-order chi connectivity index (χ1) is 19.7. The molecular formula is C30H23N3O5S3. The average Bonchev–Trinajstić information content (AvgIpc) is 3.57. The summed E-state index contributed by atoms with van der Waals surface area (Å²) in [5, 5.41) is 4.42. The maximum atomic E-state index is 12.5. The van der Waals surface area contributed by atoms with Crippen LogP contribution in [0.25, 0.3) is 41.6 Å². The van der Waals surface area contributed by atoms with Gasteiger partial charge in [0.2, 0.25) is 5.91 Å². The number of carbonyl (C=O) groups excluding carboxylic acids is 1. The van der Waals surface area contributed by atoms with Crippen LogP contribution >= 0.6 is 22.7 Å². The van der Waals surface area contributed by atoms with Gasteiger partial charge >= 0.3 is 0 Å². The Morgan fingerprint density at radius 2 is 1.54 bits per heavy atom. The minimum absolute atomic E-state index is 0.0970. The third-order valence-electron chi connectivity index (χ3n) is 6.54. The van der Waals surface area contributed by atoms with E-state index in [1.807, 2.05) is 66.7 Å². The molecule has 0 unspecified atom stereocenters. The number of nitrogens with one attached hydrogen (secondary N) is 1. The highest BCUT2D eigenvalue weighted by Gasteiger charge is 2.21. The second kappa shape index (κ2) is 10.7. The average molecular weight is 602 g/mol. The van der Waals surface area contributed by atoms with Crippen molar-refractivity contribution in [2.75, 3.05) is 12.4 Å². The molecule has 0 atom stereocenters. The fourth-order valence-electron chi connectivity index (χ4n) is 4.52. The van der Waals surface area contributed by atoms with Crippen LogP contribution in [0, 0.1) is 6.92 Å². The number of aromatic nitrogens is 2. The molecule has 0 fully saturated rings. The van der Waals surface area contributed by atoms with Gasteiger partial charge in [-0.1, -0.05) is 18.2 Å². The van der Waals surface area contributed by atoms with Crippen LogP contribution in [0.15, 0.2) is 83.8 Å². The molecule has 206 valence electrons. The van der Waals surface area contributed by atoms with Crippen LogP contribution in [0.3, 0.4) is 0 Å². The summed E-state index contributed by atoms with van der Waals surface area (Å²) in [6.45, 7) is 1.65. The minimum atomic E-state index is -4.38. The van der Waals surface area contributed by atoms with E-state index in [1.54, 1.807) is 26.2 Å². The first-order valence-electron chi connectivity index (χ1n) is 12.5. The Balaban J connectivity index is 1.21. The summed E-state index contributed by atoms with van der Waals surface area (Å²) in [4.78, 5) is 21.8. The highest BCUT2D eigenvalue weighted by molar-refractivity contribution is 7.86. The summed E-state index contributed by atoms with van der Waals surface area (Å²) in [6.07, 6.45) is 0.261. The second-order valence-corrected chi connectivity index (χ2v) is 12.8. The van der Waals surface area contributed by atoms with Gasteiger partial charge < -0.3 is 10.1 Å². The highest BCUT2D eigenvalue weighted by Crippen LogP contribution is 2.38. The van der Waals surface area contributed by atoms with Gasteiger partial charge in [0.05, 0.1) is 34.0 Å². The zero-order chi connectivity index (χ0) is 28.7. The molecule has 41 heavy (non-hydrogen) atoms. The normalized spacial score (nSPS) is 11.7. The second-order valence-electron chi connectivity index (χ2n) is 9.41. The van der Waals surface area contributed by atoms with Gasteiger partial charge in [0.25, 0.3) is 10.1 Å². The predicted molar refractivity (Wildman–Crippen MR) is 164 cm³/mol. The smallest absolute Gasteiger partial charge is 0.296 e. The first kappa shape index (κ1) is 27.0. The molecule has 8 nitrogen and oxygen atoms in total. The molecular weight excluding hydrogens is 579 g/mol. The van der Waals surface area contributed by atoms with E-state index in [0.29, 0.717) is 26.5 Å². The number of benzene rings is 4. The van der Waals surface area contributed by atoms with E-state index in [9.17, 15) is 17.8 Å². The molecule has 0 saturated heterocycles. The molecule has 2 N–H and O–H groups in total. The maximum Gasteiger partial charge on any atom is 0.296 e. The van der Waals surface area contributed by atoms with Crippen LogP contribution < -0.4 is 10.1 Å². The van der Waals surface area contributed by atoms with Crippen molar-refractivity contribution in [1.82, 2.24) is 9.97 Å². The van der Waals surface area contributed by atoms with Gasteiger partial charge in [-0.05, 0) is 78.7 Å². The number of ether oxygens (including phenoxy) is 1. The van der Waals surface area contributed by atoms with Gasteiger partial charge in [0.1, 0.15) is 20.7 Å². The van der Waals surface area contributed by atoms with E-state index in [1.165, 1.54) is 22.7 Å². The molecule has 1 amide bonds. The largest absolute Gasteiger partial charge is 0.497 e. The summed E-state index contributed by atoms with van der Waals surface area (Å²) in [5.41, 5.74) is 5.18. The van der Waals surface area contributed by atoms with Gasteiger partial charge in [0.15, 0.2) is 0 Å². The van der Waals surface area contributed by atoms with E-state index in [-0.39, 0.29) is 17.2 Å². The minimum Gasteiger partial charge on any atom is -0.497 e. The van der Waals surface area contributed by atoms with E-state index >= 15 is 0 Å². The number of thiazole rings is 2. The number of anilines is 1. The van der Waals surface area contributed by atoms with E-state index in [2.05, 4.69) is 10.3 Å². The predicted octanol–water partition coefficient (Wildman–Crippen LogP) is 6.98. The summed E-state index contributed by atoms with van der Waals surface area (Å²) >= 11 is 2.76. The van der Waals surface area contributed by atoms with E-state index in [0.717, 1.165) is 37.7 Å². The van der Waals surface area contributed by atoms with Crippen LogP contribution in [0.2, 0.25) is 0 Å². The molecule has 6 rings (SSSR count). The fraction of sp³-hybridized carbons (Fsp3) is 0.100. The third-order valence-corrected chi connectivity index (χ3v) is 9.92. The number of hydrogen-bond donors (Lipinski definition) is 2. The Hall–Kier alpha value is -4.16. The molecule has 0 spiro atoms. The van der Waals surface area contributed by atoms with Gasteiger partial charge in [-0.2, -0.15) is 8.42 Å². The number of fused-ring (bicyclic) bond motifs is 2. The van der Waals surface area contributed by atoms with E-state index in [4.69, 9.17) is 9.72 Å². The Kier molecular flexibility index (Phi) is 7.04. The Morgan fingerprint density at radius 3 is 2.24 bits per heavy atom. The van der Waals surface area contributed by atoms with Crippen molar-refractivity contribution in [1.29, 1.82) is 0 Å². The van der Waals surface area contributed by atoms with Crippen molar-refractivity contribution in [2.24, 2.45) is 0 Å². The lowest BCUT2D eigenvalue weighted by molar-refractivity contribution is -0.115. The molecule has 0 saturated carbocycles.